The van der Waals surface area contributed by atoms with E-state index in [1.165, 1.54) is 11.3 Å². The number of carbonyl (C=O) groups excluding carboxylic acids is 1. The van der Waals surface area contributed by atoms with Gasteiger partial charge in [-0.2, -0.15) is 0 Å². The van der Waals surface area contributed by atoms with Crippen LogP contribution >= 0.6 is 22.9 Å². The van der Waals surface area contributed by atoms with E-state index < -0.39 is 0 Å². The van der Waals surface area contributed by atoms with Crippen LogP contribution in [0.1, 0.15) is 31.9 Å². The van der Waals surface area contributed by atoms with Crippen LogP contribution in [0.3, 0.4) is 0 Å². The quantitative estimate of drug-likeness (QED) is 0.775. The summed E-state index contributed by atoms with van der Waals surface area (Å²) >= 11 is 7.54. The summed E-state index contributed by atoms with van der Waals surface area (Å²) in [5.41, 5.74) is 3.58. The third kappa shape index (κ3) is 2.40. The number of rotatable bonds is 3. The fourth-order valence-electron chi connectivity index (χ4n) is 1.94. The van der Waals surface area contributed by atoms with Crippen molar-refractivity contribution in [1.29, 1.82) is 0 Å². The number of hydrogen-bond acceptors (Lipinski definition) is 3. The molecule has 2 rings (SSSR count). The van der Waals surface area contributed by atoms with Gasteiger partial charge in [0.25, 0.3) is 0 Å². The van der Waals surface area contributed by atoms with Crippen LogP contribution in [0.2, 0.25) is 5.02 Å². The van der Waals surface area contributed by atoms with Crippen LogP contribution in [0.25, 0.3) is 0 Å². The van der Waals surface area contributed by atoms with Gasteiger partial charge in [0.1, 0.15) is 5.75 Å². The molecule has 0 atom stereocenters. The van der Waals surface area contributed by atoms with E-state index in [9.17, 15) is 4.79 Å². The second-order valence-corrected chi connectivity index (χ2v) is 5.74. The van der Waals surface area contributed by atoms with E-state index in [1.807, 2.05) is 32.2 Å². The molecule has 1 heterocycles. The highest BCUT2D eigenvalue weighted by molar-refractivity contribution is 7.13. The maximum Gasteiger partial charge on any atom is 0.208 e. The number of benzene rings is 1. The zero-order valence-corrected chi connectivity index (χ0v) is 12.9. The van der Waals surface area contributed by atoms with Gasteiger partial charge in [-0.3, -0.25) is 4.79 Å². The minimum Gasteiger partial charge on any atom is -0.496 e. The highest BCUT2D eigenvalue weighted by atomic mass is 35.5. The second-order valence-electron chi connectivity index (χ2n) is 4.48. The molecule has 0 saturated heterocycles. The fraction of sp³-hybridized carbons (Fsp3) is 0.267. The van der Waals surface area contributed by atoms with Crippen molar-refractivity contribution in [1.82, 2.24) is 0 Å². The van der Waals surface area contributed by atoms with E-state index in [4.69, 9.17) is 16.3 Å². The Bertz CT molecular complexity index is 644. The van der Waals surface area contributed by atoms with Crippen LogP contribution in [-0.2, 0) is 0 Å². The Morgan fingerprint density at radius 3 is 2.42 bits per heavy atom. The molecule has 2 nitrogen and oxygen atoms in total. The minimum atomic E-state index is -0.0805. The van der Waals surface area contributed by atoms with Crippen molar-refractivity contribution in [2.24, 2.45) is 0 Å². The summed E-state index contributed by atoms with van der Waals surface area (Å²) in [6.07, 6.45) is 0. The molecule has 0 bridgehead atoms. The lowest BCUT2D eigenvalue weighted by atomic mass is 10.0. The van der Waals surface area contributed by atoms with Gasteiger partial charge in [-0.1, -0.05) is 17.7 Å². The van der Waals surface area contributed by atoms with Gasteiger partial charge in [-0.05, 0) is 48.9 Å². The molecule has 19 heavy (non-hydrogen) atoms. The number of methoxy groups -OCH3 is 1. The maximum atomic E-state index is 12.6. The van der Waals surface area contributed by atoms with Crippen LogP contribution < -0.4 is 4.74 Å². The van der Waals surface area contributed by atoms with Crippen LogP contribution in [0.15, 0.2) is 17.5 Å². The Morgan fingerprint density at radius 2 is 1.89 bits per heavy atom. The summed E-state index contributed by atoms with van der Waals surface area (Å²) < 4.78 is 5.39. The number of ketones is 1. The molecule has 0 spiro atoms. The van der Waals surface area contributed by atoms with E-state index in [0.29, 0.717) is 21.2 Å². The highest BCUT2D eigenvalue weighted by Crippen LogP contribution is 2.33. The molecular formula is C15H15ClO2S. The van der Waals surface area contributed by atoms with Gasteiger partial charge in [0.2, 0.25) is 5.78 Å². The minimum absolute atomic E-state index is 0.0805. The lowest BCUT2D eigenvalue weighted by molar-refractivity contribution is 0.103. The van der Waals surface area contributed by atoms with Crippen molar-refractivity contribution in [3.05, 3.63) is 49.7 Å². The molecule has 0 amide bonds. The maximum absolute atomic E-state index is 12.6. The summed E-state index contributed by atoms with van der Waals surface area (Å²) in [6, 6.07) is 3.73. The number of carbonyl (C=O) groups is 1. The van der Waals surface area contributed by atoms with E-state index in [2.05, 4.69) is 0 Å². The summed E-state index contributed by atoms with van der Waals surface area (Å²) in [7, 11) is 1.58. The van der Waals surface area contributed by atoms with Gasteiger partial charge >= 0.3 is 0 Å². The van der Waals surface area contributed by atoms with Gasteiger partial charge in [-0.25, -0.2) is 0 Å². The molecule has 0 saturated carbocycles. The van der Waals surface area contributed by atoms with Gasteiger partial charge in [0.05, 0.1) is 22.6 Å². The van der Waals surface area contributed by atoms with Crippen LogP contribution in [0.5, 0.6) is 5.75 Å². The number of halogens is 1. The molecule has 0 fully saturated rings. The topological polar surface area (TPSA) is 26.3 Å². The van der Waals surface area contributed by atoms with Crippen molar-refractivity contribution in [3.8, 4) is 5.75 Å². The Morgan fingerprint density at radius 1 is 1.21 bits per heavy atom. The number of ether oxygens (including phenoxy) is 1. The van der Waals surface area contributed by atoms with E-state index >= 15 is 0 Å². The van der Waals surface area contributed by atoms with Crippen molar-refractivity contribution in [3.63, 3.8) is 0 Å². The molecule has 4 heteroatoms. The SMILES string of the molecule is COc1c(C(=O)c2scc(C)c2Cl)ccc(C)c1C. The molecule has 0 aliphatic heterocycles. The molecule has 2 aromatic rings. The summed E-state index contributed by atoms with van der Waals surface area (Å²) in [5.74, 6) is 0.551. The number of hydrogen-bond donors (Lipinski definition) is 0. The molecule has 0 radical (unpaired) electrons. The molecular weight excluding hydrogens is 280 g/mol. The molecule has 0 aliphatic rings. The van der Waals surface area contributed by atoms with Gasteiger partial charge in [-0.15, -0.1) is 11.3 Å². The predicted octanol–water partition coefficient (Wildman–Crippen LogP) is 4.57. The molecule has 0 aliphatic carbocycles. The number of thiophene rings is 1. The third-order valence-corrected chi connectivity index (χ3v) is 4.93. The molecule has 1 aromatic carbocycles. The summed E-state index contributed by atoms with van der Waals surface area (Å²) in [6.45, 7) is 5.84. The van der Waals surface area contributed by atoms with Crippen LogP contribution in [-0.4, -0.2) is 12.9 Å². The first-order valence-corrected chi connectivity index (χ1v) is 7.15. The predicted molar refractivity (Wildman–Crippen MR) is 80.0 cm³/mol. The molecule has 1 aromatic heterocycles. The average molecular weight is 295 g/mol. The van der Waals surface area contributed by atoms with Crippen molar-refractivity contribution in [2.45, 2.75) is 20.8 Å². The second kappa shape index (κ2) is 5.35. The van der Waals surface area contributed by atoms with E-state index in [-0.39, 0.29) is 5.78 Å². The standard InChI is InChI=1S/C15H15ClO2S/c1-8-5-6-11(14(18-4)10(8)3)13(17)15-12(16)9(2)7-19-15/h5-7H,1-4H3. The molecule has 0 unspecified atom stereocenters. The first-order chi connectivity index (χ1) is 8.97. The largest absolute Gasteiger partial charge is 0.496 e. The lowest BCUT2D eigenvalue weighted by Gasteiger charge is -2.12. The Balaban J connectivity index is 2.56. The molecule has 100 valence electrons. The van der Waals surface area contributed by atoms with Crippen LogP contribution in [0, 0.1) is 20.8 Å². The lowest BCUT2D eigenvalue weighted by Crippen LogP contribution is -2.05. The summed E-state index contributed by atoms with van der Waals surface area (Å²) in [5, 5.41) is 2.43. The average Bonchev–Trinajstić information content (AvgIpc) is 2.72. The third-order valence-electron chi connectivity index (χ3n) is 3.23. The molecule has 0 N–H and O–H groups in total. The van der Waals surface area contributed by atoms with Crippen molar-refractivity contribution >= 4 is 28.7 Å². The normalized spacial score (nSPS) is 10.6. The van der Waals surface area contributed by atoms with E-state index in [1.54, 1.807) is 13.2 Å². The smallest absolute Gasteiger partial charge is 0.208 e. The number of aryl methyl sites for hydroxylation is 2. The summed E-state index contributed by atoms with van der Waals surface area (Å²) in [4.78, 5) is 13.1. The van der Waals surface area contributed by atoms with Gasteiger partial charge in [0.15, 0.2) is 0 Å². The fourth-order valence-corrected chi connectivity index (χ4v) is 3.17. The van der Waals surface area contributed by atoms with E-state index in [0.717, 1.165) is 16.7 Å². The van der Waals surface area contributed by atoms with Crippen molar-refractivity contribution < 1.29 is 9.53 Å². The Hall–Kier alpha value is -1.32. The van der Waals surface area contributed by atoms with Crippen LogP contribution in [0.4, 0.5) is 0 Å². The van der Waals surface area contributed by atoms with Crippen molar-refractivity contribution in [2.75, 3.05) is 7.11 Å². The Labute approximate surface area is 122 Å². The first-order valence-electron chi connectivity index (χ1n) is 5.89. The Kier molecular flexibility index (Phi) is 3.97. The zero-order chi connectivity index (χ0) is 14.2. The highest BCUT2D eigenvalue weighted by Gasteiger charge is 2.21. The van der Waals surface area contributed by atoms with Gasteiger partial charge < -0.3 is 4.74 Å². The zero-order valence-electron chi connectivity index (χ0n) is 11.3. The first kappa shape index (κ1) is 14.1. The monoisotopic (exact) mass is 294 g/mol. The van der Waals surface area contributed by atoms with Gasteiger partial charge in [0, 0.05) is 0 Å².